The molecule has 0 saturated heterocycles. The molecule has 0 aliphatic heterocycles. The Hall–Kier alpha value is -3.98. The van der Waals surface area contributed by atoms with Gasteiger partial charge in [-0.05, 0) is 55.3 Å². The molecular weight excluding hydrogens is 452 g/mol. The summed E-state index contributed by atoms with van der Waals surface area (Å²) in [6, 6.07) is 15.2. The van der Waals surface area contributed by atoms with Gasteiger partial charge in [0.25, 0.3) is 5.56 Å². The van der Waals surface area contributed by atoms with Crippen molar-refractivity contribution in [2.45, 2.75) is 20.5 Å². The third kappa shape index (κ3) is 3.63. The number of nitrogens with zero attached hydrogens (tertiary/aromatic N) is 4. The van der Waals surface area contributed by atoms with Gasteiger partial charge in [0, 0.05) is 11.9 Å². The number of thiophene rings is 1. The van der Waals surface area contributed by atoms with Gasteiger partial charge in [-0.25, -0.2) is 4.79 Å². The summed E-state index contributed by atoms with van der Waals surface area (Å²) >= 11 is 1.38. The Labute approximate surface area is 199 Å². The maximum absolute atomic E-state index is 12.9. The lowest BCUT2D eigenvalue weighted by Crippen LogP contribution is -2.20. The Kier molecular flexibility index (Phi) is 5.41. The van der Waals surface area contributed by atoms with Gasteiger partial charge in [0.1, 0.15) is 10.6 Å². The van der Waals surface area contributed by atoms with Crippen LogP contribution >= 0.6 is 11.3 Å². The minimum absolute atomic E-state index is 0.0734. The third-order valence-corrected chi connectivity index (χ3v) is 6.82. The van der Waals surface area contributed by atoms with E-state index in [0.29, 0.717) is 27.4 Å². The fourth-order valence-corrected chi connectivity index (χ4v) is 4.93. The van der Waals surface area contributed by atoms with Crippen molar-refractivity contribution in [3.63, 3.8) is 0 Å². The monoisotopic (exact) mass is 474 g/mol. The van der Waals surface area contributed by atoms with Crippen LogP contribution in [0, 0.1) is 13.8 Å². The molecule has 8 nitrogen and oxygen atoms in total. The summed E-state index contributed by atoms with van der Waals surface area (Å²) in [6.45, 7) is 3.83. The van der Waals surface area contributed by atoms with Gasteiger partial charge in [-0.1, -0.05) is 23.8 Å². The number of methoxy groups -OCH3 is 1. The van der Waals surface area contributed by atoms with Crippen molar-refractivity contribution in [1.29, 1.82) is 0 Å². The normalized spacial score (nSPS) is 11.3. The van der Waals surface area contributed by atoms with E-state index in [1.165, 1.54) is 15.9 Å². The van der Waals surface area contributed by atoms with Crippen molar-refractivity contribution < 1.29 is 14.3 Å². The van der Waals surface area contributed by atoms with Gasteiger partial charge in [-0.2, -0.15) is 0 Å². The van der Waals surface area contributed by atoms with Crippen molar-refractivity contribution in [2.24, 2.45) is 7.05 Å². The molecule has 0 fully saturated rings. The summed E-state index contributed by atoms with van der Waals surface area (Å²) in [5.74, 6) is 1.17. The first-order valence-corrected chi connectivity index (χ1v) is 11.4. The van der Waals surface area contributed by atoms with E-state index in [9.17, 15) is 9.59 Å². The van der Waals surface area contributed by atoms with Crippen LogP contribution in [0.2, 0.25) is 0 Å². The molecule has 0 spiro atoms. The number of carbonyl (C=O) groups is 1. The molecule has 9 heteroatoms. The summed E-state index contributed by atoms with van der Waals surface area (Å²) in [5, 5.41) is 8.90. The molecule has 0 aliphatic rings. The molecule has 3 aromatic heterocycles. The van der Waals surface area contributed by atoms with Gasteiger partial charge in [0.2, 0.25) is 5.78 Å². The lowest BCUT2D eigenvalue weighted by molar-refractivity contribution is 0.0467. The molecule has 0 radical (unpaired) electrons. The van der Waals surface area contributed by atoms with E-state index in [0.717, 1.165) is 27.3 Å². The standard InChI is InChI=1S/C25H22N4O4S/c1-14-5-10-20-19(11-14)23(30)28(3)25-27-26-22(29(20)25)13-33-24(31)21-12-18(15(2)34-21)16-6-8-17(32-4)9-7-16/h5-12H,13H2,1-4H3. The molecule has 0 amide bonds. The number of aromatic nitrogens is 4. The maximum atomic E-state index is 12.9. The minimum Gasteiger partial charge on any atom is -0.497 e. The van der Waals surface area contributed by atoms with Crippen LogP contribution in [0.25, 0.3) is 27.8 Å². The van der Waals surface area contributed by atoms with Gasteiger partial charge >= 0.3 is 5.97 Å². The number of hydrogen-bond donors (Lipinski definition) is 0. The minimum atomic E-state index is -0.436. The van der Waals surface area contributed by atoms with E-state index >= 15 is 0 Å². The first-order valence-electron chi connectivity index (χ1n) is 10.6. The smallest absolute Gasteiger partial charge is 0.348 e. The van der Waals surface area contributed by atoms with Crippen molar-refractivity contribution in [3.05, 3.63) is 80.0 Å². The molecule has 3 heterocycles. The zero-order valence-corrected chi connectivity index (χ0v) is 20.0. The van der Waals surface area contributed by atoms with Gasteiger partial charge in [0.05, 0.1) is 18.0 Å². The van der Waals surface area contributed by atoms with Crippen LogP contribution in [-0.2, 0) is 18.4 Å². The summed E-state index contributed by atoms with van der Waals surface area (Å²) < 4.78 is 14.0. The van der Waals surface area contributed by atoms with Crippen LogP contribution < -0.4 is 10.3 Å². The van der Waals surface area contributed by atoms with Gasteiger partial charge in [-0.15, -0.1) is 21.5 Å². The van der Waals surface area contributed by atoms with Crippen LogP contribution in [-0.4, -0.2) is 32.2 Å². The zero-order valence-electron chi connectivity index (χ0n) is 19.2. The SMILES string of the molecule is COc1ccc(-c2cc(C(=O)OCc3nnc4n(C)c(=O)c5cc(C)ccc5n34)sc2C)cc1. The molecule has 5 rings (SSSR count). The van der Waals surface area contributed by atoms with E-state index < -0.39 is 5.97 Å². The highest BCUT2D eigenvalue weighted by atomic mass is 32.1. The van der Waals surface area contributed by atoms with Crippen LogP contribution in [0.3, 0.4) is 0 Å². The molecule has 34 heavy (non-hydrogen) atoms. The fraction of sp³-hybridized carbons (Fsp3) is 0.200. The summed E-state index contributed by atoms with van der Waals surface area (Å²) in [5.41, 5.74) is 3.48. The summed E-state index contributed by atoms with van der Waals surface area (Å²) in [4.78, 5) is 27.1. The highest BCUT2D eigenvalue weighted by molar-refractivity contribution is 7.14. The average molecular weight is 475 g/mol. The predicted molar refractivity (Wildman–Crippen MR) is 131 cm³/mol. The van der Waals surface area contributed by atoms with Crippen molar-refractivity contribution >= 4 is 34.0 Å². The molecular formula is C25H22N4O4S. The molecule has 5 aromatic rings. The summed E-state index contributed by atoms with van der Waals surface area (Å²) in [7, 11) is 3.28. The van der Waals surface area contributed by atoms with Crippen molar-refractivity contribution in [1.82, 2.24) is 19.2 Å². The molecule has 0 atom stereocenters. The van der Waals surface area contributed by atoms with Gasteiger partial charge in [-0.3, -0.25) is 13.8 Å². The number of benzene rings is 2. The second-order valence-electron chi connectivity index (χ2n) is 8.02. The van der Waals surface area contributed by atoms with Gasteiger partial charge < -0.3 is 9.47 Å². The first kappa shape index (κ1) is 21.8. The Balaban J connectivity index is 1.44. The Bertz CT molecular complexity index is 1610. The number of carbonyl (C=O) groups excluding carboxylic acids is 1. The molecule has 0 saturated carbocycles. The average Bonchev–Trinajstić information content (AvgIpc) is 3.45. The second kappa shape index (κ2) is 8.42. The lowest BCUT2D eigenvalue weighted by atomic mass is 10.1. The molecule has 172 valence electrons. The lowest BCUT2D eigenvalue weighted by Gasteiger charge is -2.08. The quantitative estimate of drug-likeness (QED) is 0.353. The molecule has 0 N–H and O–H groups in total. The molecule has 0 aliphatic carbocycles. The van der Waals surface area contributed by atoms with E-state index in [4.69, 9.17) is 9.47 Å². The van der Waals surface area contributed by atoms with Crippen molar-refractivity contribution in [2.75, 3.05) is 7.11 Å². The predicted octanol–water partition coefficient (Wildman–Crippen LogP) is 4.29. The number of hydrogen-bond acceptors (Lipinski definition) is 7. The number of rotatable bonds is 5. The van der Waals surface area contributed by atoms with Crippen LogP contribution in [0.5, 0.6) is 5.75 Å². The Morgan fingerprint density at radius 3 is 2.56 bits per heavy atom. The number of fused-ring (bicyclic) bond motifs is 3. The largest absolute Gasteiger partial charge is 0.497 e. The fourth-order valence-electron chi connectivity index (χ4n) is 3.99. The topological polar surface area (TPSA) is 87.7 Å². The molecule has 0 bridgehead atoms. The van der Waals surface area contributed by atoms with E-state index in [-0.39, 0.29) is 12.2 Å². The van der Waals surface area contributed by atoms with Crippen LogP contribution in [0.1, 0.15) is 25.9 Å². The third-order valence-electron chi connectivity index (χ3n) is 5.79. The maximum Gasteiger partial charge on any atom is 0.348 e. The van der Waals surface area contributed by atoms with Crippen molar-refractivity contribution in [3.8, 4) is 16.9 Å². The van der Waals surface area contributed by atoms with E-state index in [1.54, 1.807) is 18.6 Å². The van der Waals surface area contributed by atoms with Crippen LogP contribution in [0.15, 0.2) is 53.3 Å². The Morgan fingerprint density at radius 1 is 1.06 bits per heavy atom. The second-order valence-corrected chi connectivity index (χ2v) is 9.28. The van der Waals surface area contributed by atoms with E-state index in [1.807, 2.05) is 62.4 Å². The highest BCUT2D eigenvalue weighted by Crippen LogP contribution is 2.32. The Morgan fingerprint density at radius 2 is 1.82 bits per heavy atom. The zero-order chi connectivity index (χ0) is 24.0. The molecule has 0 unspecified atom stereocenters. The van der Waals surface area contributed by atoms with Gasteiger partial charge in [0.15, 0.2) is 12.4 Å². The summed E-state index contributed by atoms with van der Waals surface area (Å²) in [6.07, 6.45) is 0. The number of ether oxygens (including phenoxy) is 2. The highest BCUT2D eigenvalue weighted by Gasteiger charge is 2.19. The first-order chi connectivity index (χ1) is 16.4. The van der Waals surface area contributed by atoms with Crippen LogP contribution in [0.4, 0.5) is 0 Å². The van der Waals surface area contributed by atoms with E-state index in [2.05, 4.69) is 10.2 Å². The molecule has 2 aromatic carbocycles. The number of esters is 1. The number of aryl methyl sites for hydroxylation is 3.